The van der Waals surface area contributed by atoms with Crippen molar-refractivity contribution in [3.05, 3.63) is 0 Å². The molecule has 0 radical (unpaired) electrons. The minimum atomic E-state index is -3.46. The van der Waals surface area contributed by atoms with Gasteiger partial charge in [-0.3, -0.25) is 4.79 Å². The Labute approximate surface area is 107 Å². The smallest absolute Gasteiger partial charge is 0.306 e. The van der Waals surface area contributed by atoms with E-state index >= 15 is 0 Å². The lowest BCUT2D eigenvalue weighted by atomic mass is 10.2. The van der Waals surface area contributed by atoms with Crippen LogP contribution in [0.2, 0.25) is 0 Å². The van der Waals surface area contributed by atoms with Crippen LogP contribution < -0.4 is 5.73 Å². The topological polar surface area (TPSA) is 98.9 Å². The molecule has 1 heterocycles. The summed E-state index contributed by atoms with van der Waals surface area (Å²) in [5.74, 6) is -0.777. The number of nitrogens with two attached hydrogens (primary N) is 1. The van der Waals surface area contributed by atoms with Gasteiger partial charge in [0, 0.05) is 19.1 Å². The molecule has 1 aliphatic rings. The SMILES string of the molecule is COC(=O)CCS(=O)(=O)N1CCOC(C(C)N)C1. The van der Waals surface area contributed by atoms with Crippen molar-refractivity contribution in [2.45, 2.75) is 25.5 Å². The van der Waals surface area contributed by atoms with Crippen molar-refractivity contribution >= 4 is 16.0 Å². The van der Waals surface area contributed by atoms with Crippen molar-refractivity contribution in [2.24, 2.45) is 5.73 Å². The van der Waals surface area contributed by atoms with Crippen molar-refractivity contribution in [1.29, 1.82) is 0 Å². The van der Waals surface area contributed by atoms with Gasteiger partial charge in [-0.05, 0) is 6.92 Å². The molecule has 1 rings (SSSR count). The van der Waals surface area contributed by atoms with Gasteiger partial charge in [0.25, 0.3) is 0 Å². The maximum Gasteiger partial charge on any atom is 0.306 e. The third-order valence-electron chi connectivity index (χ3n) is 2.83. The summed E-state index contributed by atoms with van der Waals surface area (Å²) in [6.07, 6.45) is -0.439. The fourth-order valence-corrected chi connectivity index (χ4v) is 3.07. The number of ether oxygens (including phenoxy) is 2. The average molecular weight is 280 g/mol. The Kier molecular flexibility index (Phi) is 5.51. The molecule has 0 bridgehead atoms. The van der Waals surface area contributed by atoms with Gasteiger partial charge in [-0.15, -0.1) is 0 Å². The van der Waals surface area contributed by atoms with Gasteiger partial charge in [0.2, 0.25) is 10.0 Å². The normalized spacial score (nSPS) is 23.6. The first-order chi connectivity index (χ1) is 8.36. The number of hydrogen-bond donors (Lipinski definition) is 1. The predicted molar refractivity (Wildman–Crippen MR) is 65.4 cm³/mol. The summed E-state index contributed by atoms with van der Waals surface area (Å²) in [6, 6.07) is -0.233. The van der Waals surface area contributed by atoms with Crippen molar-refractivity contribution < 1.29 is 22.7 Å². The Hall–Kier alpha value is -0.700. The van der Waals surface area contributed by atoms with Gasteiger partial charge < -0.3 is 15.2 Å². The molecule has 106 valence electrons. The highest BCUT2D eigenvalue weighted by Gasteiger charge is 2.31. The molecule has 2 atom stereocenters. The van der Waals surface area contributed by atoms with Crippen LogP contribution in [0, 0.1) is 0 Å². The zero-order valence-corrected chi connectivity index (χ0v) is 11.5. The van der Waals surface area contributed by atoms with Gasteiger partial charge in [-0.25, -0.2) is 8.42 Å². The molecule has 7 nitrogen and oxygen atoms in total. The molecule has 8 heteroatoms. The minimum Gasteiger partial charge on any atom is -0.469 e. The highest BCUT2D eigenvalue weighted by atomic mass is 32.2. The van der Waals surface area contributed by atoms with Crippen LogP contribution in [0.5, 0.6) is 0 Å². The van der Waals surface area contributed by atoms with E-state index in [1.54, 1.807) is 6.92 Å². The van der Waals surface area contributed by atoms with Crippen LogP contribution in [0.15, 0.2) is 0 Å². The lowest BCUT2D eigenvalue weighted by Gasteiger charge is -2.33. The van der Waals surface area contributed by atoms with E-state index in [1.807, 2.05) is 0 Å². The first-order valence-corrected chi connectivity index (χ1v) is 7.39. The van der Waals surface area contributed by atoms with E-state index in [0.717, 1.165) is 0 Å². The summed E-state index contributed by atoms with van der Waals surface area (Å²) in [7, 11) is -2.23. The second-order valence-corrected chi connectivity index (χ2v) is 6.36. The van der Waals surface area contributed by atoms with Crippen LogP contribution >= 0.6 is 0 Å². The number of rotatable bonds is 5. The molecular formula is C10H20N2O5S. The highest BCUT2D eigenvalue weighted by molar-refractivity contribution is 7.89. The van der Waals surface area contributed by atoms with Crippen LogP contribution in [0.1, 0.15) is 13.3 Å². The summed E-state index contributed by atoms with van der Waals surface area (Å²) in [6.45, 7) is 2.63. The van der Waals surface area contributed by atoms with Gasteiger partial charge in [0.15, 0.2) is 0 Å². The molecule has 0 saturated carbocycles. The van der Waals surface area contributed by atoms with E-state index < -0.39 is 16.0 Å². The number of carbonyl (C=O) groups is 1. The third kappa shape index (κ3) is 4.20. The second kappa shape index (κ2) is 6.46. The fraction of sp³-hybridized carbons (Fsp3) is 0.900. The van der Waals surface area contributed by atoms with E-state index in [4.69, 9.17) is 10.5 Å². The summed E-state index contributed by atoms with van der Waals surface area (Å²) >= 11 is 0. The fourth-order valence-electron chi connectivity index (χ4n) is 1.66. The molecule has 0 aromatic rings. The summed E-state index contributed by atoms with van der Waals surface area (Å²) < 4.78 is 35.1. The van der Waals surface area contributed by atoms with Gasteiger partial charge in [-0.2, -0.15) is 4.31 Å². The molecule has 1 saturated heterocycles. The molecular weight excluding hydrogens is 260 g/mol. The van der Waals surface area contributed by atoms with Crippen LogP contribution in [-0.4, -0.2) is 63.4 Å². The molecule has 2 unspecified atom stereocenters. The van der Waals surface area contributed by atoms with Crippen LogP contribution in [-0.2, 0) is 24.3 Å². The maximum absolute atomic E-state index is 12.0. The molecule has 0 spiro atoms. The molecule has 0 aliphatic carbocycles. The molecule has 2 N–H and O–H groups in total. The number of nitrogens with zero attached hydrogens (tertiary/aromatic N) is 1. The summed E-state index contributed by atoms with van der Waals surface area (Å²) in [5, 5.41) is 0. The number of methoxy groups -OCH3 is 1. The Balaban J connectivity index is 2.59. The van der Waals surface area contributed by atoms with Crippen LogP contribution in [0.4, 0.5) is 0 Å². The van der Waals surface area contributed by atoms with Crippen LogP contribution in [0.25, 0.3) is 0 Å². The number of sulfonamides is 1. The summed E-state index contributed by atoms with van der Waals surface area (Å²) in [5.41, 5.74) is 5.70. The Morgan fingerprint density at radius 2 is 2.28 bits per heavy atom. The molecule has 18 heavy (non-hydrogen) atoms. The largest absolute Gasteiger partial charge is 0.469 e. The number of carbonyl (C=O) groups excluding carboxylic acids is 1. The van der Waals surface area contributed by atoms with E-state index in [9.17, 15) is 13.2 Å². The third-order valence-corrected chi connectivity index (χ3v) is 4.67. The standard InChI is InChI=1S/C10H20N2O5S/c1-8(11)9-7-12(4-5-17-9)18(14,15)6-3-10(13)16-2/h8-9H,3-7,11H2,1-2H3. The quantitative estimate of drug-likeness (QED) is 0.644. The molecule has 0 aromatic heterocycles. The number of esters is 1. The molecule has 1 aliphatic heterocycles. The Morgan fingerprint density at radius 3 is 2.83 bits per heavy atom. The van der Waals surface area contributed by atoms with Crippen molar-refractivity contribution in [1.82, 2.24) is 4.31 Å². The van der Waals surface area contributed by atoms with Gasteiger partial charge in [0.05, 0.1) is 32.0 Å². The number of hydrogen-bond acceptors (Lipinski definition) is 6. The molecule has 0 aromatic carbocycles. The average Bonchev–Trinajstić information content (AvgIpc) is 2.36. The lowest BCUT2D eigenvalue weighted by Crippen LogP contribution is -2.51. The lowest BCUT2D eigenvalue weighted by molar-refractivity contribution is -0.140. The summed E-state index contributed by atoms with van der Waals surface area (Å²) in [4.78, 5) is 11.0. The van der Waals surface area contributed by atoms with Crippen molar-refractivity contribution in [3.8, 4) is 0 Å². The van der Waals surface area contributed by atoms with Crippen molar-refractivity contribution in [2.75, 3.05) is 32.6 Å². The Morgan fingerprint density at radius 1 is 1.61 bits per heavy atom. The molecule has 1 fully saturated rings. The second-order valence-electron chi connectivity index (χ2n) is 4.27. The van der Waals surface area contributed by atoms with E-state index in [2.05, 4.69) is 4.74 Å². The van der Waals surface area contributed by atoms with E-state index in [0.29, 0.717) is 13.2 Å². The van der Waals surface area contributed by atoms with E-state index in [-0.39, 0.29) is 30.9 Å². The first-order valence-electron chi connectivity index (χ1n) is 5.78. The van der Waals surface area contributed by atoms with Gasteiger partial charge >= 0.3 is 5.97 Å². The zero-order chi connectivity index (χ0) is 13.8. The Bertz CT molecular complexity index is 382. The van der Waals surface area contributed by atoms with Gasteiger partial charge in [0.1, 0.15) is 0 Å². The zero-order valence-electron chi connectivity index (χ0n) is 10.7. The maximum atomic E-state index is 12.0. The van der Waals surface area contributed by atoms with Crippen molar-refractivity contribution in [3.63, 3.8) is 0 Å². The highest BCUT2D eigenvalue weighted by Crippen LogP contribution is 2.13. The van der Waals surface area contributed by atoms with E-state index in [1.165, 1.54) is 11.4 Å². The van der Waals surface area contributed by atoms with Crippen LogP contribution in [0.3, 0.4) is 0 Å². The van der Waals surface area contributed by atoms with Gasteiger partial charge in [-0.1, -0.05) is 0 Å². The monoisotopic (exact) mass is 280 g/mol. The predicted octanol–water partition coefficient (Wildman–Crippen LogP) is -1.07. The minimum absolute atomic E-state index is 0.140. The number of morpholine rings is 1. The molecule has 0 amide bonds. The first kappa shape index (κ1) is 15.4.